The molecular weight excluding hydrogens is 244 g/mol. The molecule has 0 fully saturated rings. The number of hydrogen-bond acceptors (Lipinski definition) is 4. The number of nitrogens with one attached hydrogen (secondary N) is 1. The summed E-state index contributed by atoms with van der Waals surface area (Å²) in [4.78, 5) is 27.8. The third-order valence-corrected chi connectivity index (χ3v) is 2.90. The highest BCUT2D eigenvalue weighted by Gasteiger charge is 2.19. The van der Waals surface area contributed by atoms with Gasteiger partial charge in [-0.05, 0) is 31.9 Å². The molecule has 5 heteroatoms. The predicted octanol–water partition coefficient (Wildman–Crippen LogP) is 2.63. The largest absolute Gasteiger partial charge is 0.462 e. The van der Waals surface area contributed by atoms with Crippen molar-refractivity contribution in [1.82, 2.24) is 4.98 Å². The van der Waals surface area contributed by atoms with Crippen LogP contribution in [0.4, 0.5) is 5.82 Å². The van der Waals surface area contributed by atoms with E-state index in [4.69, 9.17) is 4.74 Å². The molecule has 0 aliphatic heterocycles. The maximum absolute atomic E-state index is 12.0. The van der Waals surface area contributed by atoms with Crippen molar-refractivity contribution in [2.75, 3.05) is 11.9 Å². The highest BCUT2D eigenvalue weighted by Crippen LogP contribution is 2.16. The Morgan fingerprint density at radius 3 is 2.58 bits per heavy atom. The van der Waals surface area contributed by atoms with Gasteiger partial charge in [-0.2, -0.15) is 0 Å². The maximum atomic E-state index is 12.0. The number of hydrogen-bond donors (Lipinski definition) is 1. The zero-order chi connectivity index (χ0) is 14.3. The molecule has 5 nitrogen and oxygen atoms in total. The van der Waals surface area contributed by atoms with E-state index >= 15 is 0 Å². The first-order valence-electron chi connectivity index (χ1n) is 6.56. The van der Waals surface area contributed by atoms with Crippen LogP contribution < -0.4 is 5.32 Å². The third-order valence-electron chi connectivity index (χ3n) is 2.90. The van der Waals surface area contributed by atoms with Gasteiger partial charge in [-0.1, -0.05) is 13.8 Å². The molecule has 0 saturated carbocycles. The molecule has 104 valence electrons. The molecule has 0 aliphatic carbocycles. The van der Waals surface area contributed by atoms with Crippen molar-refractivity contribution in [3.05, 3.63) is 23.9 Å². The number of pyridine rings is 1. The van der Waals surface area contributed by atoms with Gasteiger partial charge in [0, 0.05) is 12.1 Å². The van der Waals surface area contributed by atoms with Gasteiger partial charge in [0.05, 0.1) is 6.61 Å². The molecule has 1 N–H and O–H groups in total. The summed E-state index contributed by atoms with van der Waals surface area (Å²) in [5.74, 6) is -0.403. The summed E-state index contributed by atoms with van der Waals surface area (Å²) in [6.07, 6.45) is 3.04. The molecule has 0 spiro atoms. The first kappa shape index (κ1) is 15.1. The molecule has 0 aliphatic rings. The van der Waals surface area contributed by atoms with Crippen molar-refractivity contribution in [2.24, 2.45) is 5.92 Å². The minimum absolute atomic E-state index is 0.0722. The Balaban J connectivity index is 2.89. The summed E-state index contributed by atoms with van der Waals surface area (Å²) in [6, 6.07) is 3.23. The van der Waals surface area contributed by atoms with Crippen LogP contribution in [-0.2, 0) is 9.53 Å². The summed E-state index contributed by atoms with van der Waals surface area (Å²) in [5.41, 5.74) is 0.281. The molecule has 1 aromatic heterocycles. The van der Waals surface area contributed by atoms with Crippen LogP contribution in [0, 0.1) is 5.92 Å². The Labute approximate surface area is 113 Å². The molecule has 0 unspecified atom stereocenters. The third kappa shape index (κ3) is 4.05. The molecule has 19 heavy (non-hydrogen) atoms. The highest BCUT2D eigenvalue weighted by atomic mass is 16.5. The van der Waals surface area contributed by atoms with Gasteiger partial charge >= 0.3 is 5.97 Å². The molecule has 1 aromatic rings. The van der Waals surface area contributed by atoms with Crippen molar-refractivity contribution >= 4 is 17.7 Å². The molecule has 1 heterocycles. The second kappa shape index (κ2) is 7.51. The summed E-state index contributed by atoms with van der Waals surface area (Å²) in [5, 5.41) is 2.70. The van der Waals surface area contributed by atoms with Gasteiger partial charge < -0.3 is 10.1 Å². The van der Waals surface area contributed by atoms with Gasteiger partial charge in [-0.3, -0.25) is 4.79 Å². The number of esters is 1. The van der Waals surface area contributed by atoms with Crippen LogP contribution in [0.3, 0.4) is 0 Å². The van der Waals surface area contributed by atoms with Crippen LogP contribution in [0.25, 0.3) is 0 Å². The fourth-order valence-corrected chi connectivity index (χ4v) is 1.76. The van der Waals surface area contributed by atoms with Crippen LogP contribution >= 0.6 is 0 Å². The number of anilines is 1. The lowest BCUT2D eigenvalue weighted by Gasteiger charge is -2.14. The van der Waals surface area contributed by atoms with Gasteiger partial charge in [-0.15, -0.1) is 0 Å². The number of ether oxygens (including phenoxy) is 1. The number of rotatable bonds is 6. The average molecular weight is 264 g/mol. The topological polar surface area (TPSA) is 68.3 Å². The lowest BCUT2D eigenvalue weighted by Crippen LogP contribution is -2.24. The quantitative estimate of drug-likeness (QED) is 0.802. The summed E-state index contributed by atoms with van der Waals surface area (Å²) < 4.78 is 4.93. The van der Waals surface area contributed by atoms with E-state index in [1.54, 1.807) is 19.1 Å². The summed E-state index contributed by atoms with van der Waals surface area (Å²) in [6.45, 7) is 5.93. The Hall–Kier alpha value is -1.91. The van der Waals surface area contributed by atoms with Crippen molar-refractivity contribution in [2.45, 2.75) is 33.6 Å². The van der Waals surface area contributed by atoms with E-state index in [1.165, 1.54) is 6.20 Å². The maximum Gasteiger partial charge on any atom is 0.341 e. The van der Waals surface area contributed by atoms with Gasteiger partial charge in [-0.25, -0.2) is 9.78 Å². The molecule has 0 radical (unpaired) electrons. The Morgan fingerprint density at radius 2 is 2.00 bits per heavy atom. The molecule has 0 aromatic carbocycles. The Morgan fingerprint density at radius 1 is 1.32 bits per heavy atom. The predicted molar refractivity (Wildman–Crippen MR) is 72.9 cm³/mol. The van der Waals surface area contributed by atoms with Crippen molar-refractivity contribution in [3.63, 3.8) is 0 Å². The Bertz CT molecular complexity index is 442. The van der Waals surface area contributed by atoms with Gasteiger partial charge in [0.1, 0.15) is 11.4 Å². The van der Waals surface area contributed by atoms with Crippen molar-refractivity contribution in [1.29, 1.82) is 0 Å². The van der Waals surface area contributed by atoms with E-state index < -0.39 is 5.97 Å². The normalized spacial score (nSPS) is 10.3. The van der Waals surface area contributed by atoms with Crippen LogP contribution in [0.5, 0.6) is 0 Å². The van der Waals surface area contributed by atoms with Crippen LogP contribution in [0.2, 0.25) is 0 Å². The minimum Gasteiger partial charge on any atom is -0.462 e. The van der Waals surface area contributed by atoms with E-state index in [9.17, 15) is 9.59 Å². The molecular formula is C14H20N2O3. The van der Waals surface area contributed by atoms with Gasteiger partial charge in [0.25, 0.3) is 0 Å². The minimum atomic E-state index is -0.476. The molecule has 0 saturated heterocycles. The highest BCUT2D eigenvalue weighted by molar-refractivity contribution is 6.00. The second-order valence-corrected chi connectivity index (χ2v) is 4.12. The molecule has 1 rings (SSSR count). The lowest BCUT2D eigenvalue weighted by molar-refractivity contribution is -0.120. The number of amides is 1. The van der Waals surface area contributed by atoms with E-state index in [0.29, 0.717) is 0 Å². The average Bonchev–Trinajstić information content (AvgIpc) is 2.41. The van der Waals surface area contributed by atoms with E-state index in [-0.39, 0.29) is 29.8 Å². The van der Waals surface area contributed by atoms with Crippen molar-refractivity contribution < 1.29 is 14.3 Å². The van der Waals surface area contributed by atoms with Gasteiger partial charge in [0.15, 0.2) is 0 Å². The molecule has 1 amide bonds. The first-order chi connectivity index (χ1) is 9.13. The monoisotopic (exact) mass is 264 g/mol. The van der Waals surface area contributed by atoms with Gasteiger partial charge in [0.2, 0.25) is 5.91 Å². The zero-order valence-electron chi connectivity index (χ0n) is 11.6. The molecule has 0 bridgehead atoms. The fraction of sp³-hybridized carbons (Fsp3) is 0.500. The van der Waals surface area contributed by atoms with Crippen LogP contribution in [0.15, 0.2) is 18.3 Å². The fourth-order valence-electron chi connectivity index (χ4n) is 1.76. The lowest BCUT2D eigenvalue weighted by atomic mass is 10.0. The SMILES string of the molecule is CCOC(=O)c1cccnc1NC(=O)C(CC)CC. The number of carbonyl (C=O) groups is 2. The first-order valence-corrected chi connectivity index (χ1v) is 6.56. The summed E-state index contributed by atoms with van der Waals surface area (Å²) in [7, 11) is 0. The number of aromatic nitrogens is 1. The second-order valence-electron chi connectivity index (χ2n) is 4.12. The Kier molecular flexibility index (Phi) is 5.99. The molecule has 0 atom stereocenters. The standard InChI is InChI=1S/C14H20N2O3/c1-4-10(5-2)13(17)16-12-11(8-7-9-15-12)14(18)19-6-3/h7-10H,4-6H2,1-3H3,(H,15,16,17). The number of carbonyl (C=O) groups excluding carboxylic acids is 2. The van der Waals surface area contributed by atoms with Crippen molar-refractivity contribution in [3.8, 4) is 0 Å². The smallest absolute Gasteiger partial charge is 0.341 e. The van der Waals surface area contributed by atoms with Crippen LogP contribution in [-0.4, -0.2) is 23.5 Å². The van der Waals surface area contributed by atoms with E-state index in [0.717, 1.165) is 12.8 Å². The van der Waals surface area contributed by atoms with E-state index in [2.05, 4.69) is 10.3 Å². The zero-order valence-corrected chi connectivity index (χ0v) is 11.6. The van der Waals surface area contributed by atoms with Crippen LogP contribution in [0.1, 0.15) is 44.0 Å². The number of nitrogens with zero attached hydrogens (tertiary/aromatic N) is 1. The summed E-state index contributed by atoms with van der Waals surface area (Å²) >= 11 is 0. The van der Waals surface area contributed by atoms with E-state index in [1.807, 2.05) is 13.8 Å².